The van der Waals surface area contributed by atoms with Crippen molar-refractivity contribution >= 4 is 7.60 Å². The molecule has 0 aromatic heterocycles. The first-order valence-electron chi connectivity index (χ1n) is 5.40. The van der Waals surface area contributed by atoms with Crippen molar-refractivity contribution in [2.24, 2.45) is 0 Å². The van der Waals surface area contributed by atoms with Crippen molar-refractivity contribution < 1.29 is 19.1 Å². The van der Waals surface area contributed by atoms with Gasteiger partial charge in [-0.15, -0.1) is 0 Å². The molecule has 5 heteroatoms. The summed E-state index contributed by atoms with van der Waals surface area (Å²) in [4.78, 5) is 17.3. The van der Waals surface area contributed by atoms with Gasteiger partial charge >= 0.3 is 7.60 Å². The van der Waals surface area contributed by atoms with E-state index in [4.69, 9.17) is 14.5 Å². The molecule has 0 heterocycles. The third-order valence-corrected chi connectivity index (χ3v) is 2.87. The number of hydrogen-bond acceptors (Lipinski definition) is 2. The molecule has 0 unspecified atom stereocenters. The summed E-state index contributed by atoms with van der Waals surface area (Å²) in [5, 5.41) is 0. The largest absolute Gasteiger partial charge is 0.364 e. The van der Waals surface area contributed by atoms with Crippen molar-refractivity contribution in [1.82, 2.24) is 0 Å². The van der Waals surface area contributed by atoms with Crippen LogP contribution in [0, 0.1) is 0 Å². The third kappa shape index (κ3) is 5.46. The Bertz CT molecular complexity index is 400. The Balaban J connectivity index is 2.55. The molecule has 4 nitrogen and oxygen atoms in total. The molecular formula is C12H19O4P. The van der Waals surface area contributed by atoms with Crippen LogP contribution in [0.5, 0.6) is 0 Å². The SMILES string of the molecule is CC(C)(C)c1ccc(COCP(=O)(O)O)cc1. The highest BCUT2D eigenvalue weighted by Gasteiger charge is 2.14. The van der Waals surface area contributed by atoms with Gasteiger partial charge in [0.1, 0.15) is 6.35 Å². The van der Waals surface area contributed by atoms with E-state index in [2.05, 4.69) is 20.8 Å². The number of rotatable bonds is 4. The highest BCUT2D eigenvalue weighted by atomic mass is 31.2. The second kappa shape index (κ2) is 5.32. The summed E-state index contributed by atoms with van der Waals surface area (Å²) in [6, 6.07) is 7.85. The fourth-order valence-electron chi connectivity index (χ4n) is 1.38. The standard InChI is InChI=1S/C12H19O4P/c1-12(2,3)11-6-4-10(5-7-11)8-16-9-17(13,14)15/h4-7H,8-9H2,1-3H3,(H2,13,14,15). The summed E-state index contributed by atoms with van der Waals surface area (Å²) in [7, 11) is -4.06. The van der Waals surface area contributed by atoms with Gasteiger partial charge in [-0.05, 0) is 16.5 Å². The predicted octanol–water partition coefficient (Wildman–Crippen LogP) is 2.64. The maximum atomic E-state index is 10.6. The van der Waals surface area contributed by atoms with Crippen LogP contribution in [0.4, 0.5) is 0 Å². The molecule has 1 rings (SSSR count). The summed E-state index contributed by atoms with van der Waals surface area (Å²) in [6.45, 7) is 6.61. The summed E-state index contributed by atoms with van der Waals surface area (Å²) in [5.74, 6) is 0. The lowest BCUT2D eigenvalue weighted by molar-refractivity contribution is 0.144. The van der Waals surface area contributed by atoms with E-state index < -0.39 is 13.9 Å². The van der Waals surface area contributed by atoms with Crippen LogP contribution < -0.4 is 0 Å². The van der Waals surface area contributed by atoms with Gasteiger partial charge in [0.15, 0.2) is 0 Å². The molecule has 0 atom stereocenters. The minimum absolute atomic E-state index is 0.102. The van der Waals surface area contributed by atoms with Gasteiger partial charge in [0, 0.05) is 0 Å². The van der Waals surface area contributed by atoms with Gasteiger partial charge in [-0.25, -0.2) is 0 Å². The van der Waals surface area contributed by atoms with E-state index in [-0.39, 0.29) is 12.0 Å². The molecule has 0 amide bonds. The molecule has 0 aliphatic carbocycles. The molecule has 1 aromatic carbocycles. The highest BCUT2D eigenvalue weighted by molar-refractivity contribution is 7.51. The second-order valence-electron chi connectivity index (χ2n) is 5.09. The van der Waals surface area contributed by atoms with Crippen molar-refractivity contribution in [2.45, 2.75) is 32.8 Å². The van der Waals surface area contributed by atoms with Gasteiger partial charge in [-0.1, -0.05) is 45.0 Å². The monoisotopic (exact) mass is 258 g/mol. The first kappa shape index (κ1) is 14.4. The number of ether oxygens (including phenoxy) is 1. The Morgan fingerprint density at radius 1 is 1.18 bits per heavy atom. The molecule has 2 N–H and O–H groups in total. The Kier molecular flexibility index (Phi) is 4.50. The van der Waals surface area contributed by atoms with E-state index in [1.165, 1.54) is 5.56 Å². The average molecular weight is 258 g/mol. The van der Waals surface area contributed by atoms with E-state index in [0.717, 1.165) is 5.56 Å². The zero-order valence-electron chi connectivity index (χ0n) is 10.4. The minimum atomic E-state index is -4.06. The van der Waals surface area contributed by atoms with Gasteiger partial charge in [-0.2, -0.15) is 0 Å². The van der Waals surface area contributed by atoms with Crippen molar-refractivity contribution in [1.29, 1.82) is 0 Å². The summed E-state index contributed by atoms with van der Waals surface area (Å²) >= 11 is 0. The minimum Gasteiger partial charge on any atom is -0.364 e. The quantitative estimate of drug-likeness (QED) is 0.815. The van der Waals surface area contributed by atoms with Crippen LogP contribution >= 0.6 is 7.60 Å². The Hall–Kier alpha value is -0.670. The molecule has 0 spiro atoms. The molecule has 0 saturated carbocycles. The fourth-order valence-corrected chi connectivity index (χ4v) is 1.71. The van der Waals surface area contributed by atoms with E-state index in [0.29, 0.717) is 0 Å². The lowest BCUT2D eigenvalue weighted by Gasteiger charge is -2.19. The summed E-state index contributed by atoms with van der Waals surface area (Å²) in [6.07, 6.45) is -0.534. The average Bonchev–Trinajstić information content (AvgIpc) is 2.15. The van der Waals surface area contributed by atoms with Crippen LogP contribution in [-0.4, -0.2) is 16.1 Å². The normalized spacial score (nSPS) is 12.8. The van der Waals surface area contributed by atoms with Crippen molar-refractivity contribution in [3.63, 3.8) is 0 Å². The fraction of sp³-hybridized carbons (Fsp3) is 0.500. The van der Waals surface area contributed by atoms with Gasteiger partial charge in [0.2, 0.25) is 0 Å². The van der Waals surface area contributed by atoms with Crippen molar-refractivity contribution in [2.75, 3.05) is 6.35 Å². The Morgan fingerprint density at radius 3 is 2.12 bits per heavy atom. The molecule has 0 aliphatic heterocycles. The molecule has 0 bridgehead atoms. The lowest BCUT2D eigenvalue weighted by Crippen LogP contribution is -2.10. The maximum Gasteiger partial charge on any atom is 0.350 e. The summed E-state index contributed by atoms with van der Waals surface area (Å²) < 4.78 is 15.5. The van der Waals surface area contributed by atoms with Crippen molar-refractivity contribution in [3.05, 3.63) is 35.4 Å². The van der Waals surface area contributed by atoms with Gasteiger partial charge < -0.3 is 14.5 Å². The zero-order valence-corrected chi connectivity index (χ0v) is 11.3. The first-order chi connectivity index (χ1) is 7.68. The Morgan fingerprint density at radius 2 is 1.71 bits per heavy atom. The zero-order chi connectivity index (χ0) is 13.1. The van der Waals surface area contributed by atoms with E-state index in [1.54, 1.807) is 0 Å². The first-order valence-corrected chi connectivity index (χ1v) is 7.20. The van der Waals surface area contributed by atoms with Gasteiger partial charge in [-0.3, -0.25) is 4.57 Å². The van der Waals surface area contributed by atoms with Crippen LogP contribution in [0.2, 0.25) is 0 Å². The van der Waals surface area contributed by atoms with Crippen LogP contribution in [0.3, 0.4) is 0 Å². The molecule has 0 saturated heterocycles. The van der Waals surface area contributed by atoms with Crippen LogP contribution in [0.25, 0.3) is 0 Å². The highest BCUT2D eigenvalue weighted by Crippen LogP contribution is 2.34. The number of benzene rings is 1. The summed E-state index contributed by atoms with van der Waals surface area (Å²) in [5.41, 5.74) is 2.23. The van der Waals surface area contributed by atoms with Crippen LogP contribution in [0.1, 0.15) is 31.9 Å². The third-order valence-electron chi connectivity index (χ3n) is 2.35. The molecule has 0 aliphatic rings. The topological polar surface area (TPSA) is 66.8 Å². The van der Waals surface area contributed by atoms with E-state index in [9.17, 15) is 4.57 Å². The predicted molar refractivity (Wildman–Crippen MR) is 66.8 cm³/mol. The van der Waals surface area contributed by atoms with E-state index >= 15 is 0 Å². The van der Waals surface area contributed by atoms with Crippen LogP contribution in [0.15, 0.2) is 24.3 Å². The second-order valence-corrected chi connectivity index (χ2v) is 6.68. The van der Waals surface area contributed by atoms with Crippen molar-refractivity contribution in [3.8, 4) is 0 Å². The maximum absolute atomic E-state index is 10.6. The molecule has 0 fully saturated rings. The van der Waals surface area contributed by atoms with Gasteiger partial charge in [0.05, 0.1) is 6.61 Å². The molecule has 0 radical (unpaired) electrons. The lowest BCUT2D eigenvalue weighted by atomic mass is 9.87. The van der Waals surface area contributed by atoms with Crippen LogP contribution in [-0.2, 0) is 21.3 Å². The smallest absolute Gasteiger partial charge is 0.350 e. The van der Waals surface area contributed by atoms with Gasteiger partial charge in [0.25, 0.3) is 0 Å². The molecule has 17 heavy (non-hydrogen) atoms. The number of hydrogen-bond donors (Lipinski definition) is 2. The van der Waals surface area contributed by atoms with E-state index in [1.807, 2.05) is 24.3 Å². The molecule has 1 aromatic rings. The molecular weight excluding hydrogens is 239 g/mol. The Labute approximate surface area is 102 Å². The molecule has 96 valence electrons.